The van der Waals surface area contributed by atoms with Crippen LogP contribution in [0.2, 0.25) is 5.02 Å². The first kappa shape index (κ1) is 13.8. The van der Waals surface area contributed by atoms with E-state index in [0.717, 1.165) is 0 Å². The quantitative estimate of drug-likeness (QED) is 0.848. The molecule has 1 unspecified atom stereocenters. The Morgan fingerprint density at radius 2 is 1.94 bits per heavy atom. The molecule has 0 aliphatic rings. The van der Waals surface area contributed by atoms with Gasteiger partial charge in [-0.1, -0.05) is 25.4 Å². The number of rotatable bonds is 6. The molecule has 0 aliphatic heterocycles. The summed E-state index contributed by atoms with van der Waals surface area (Å²) in [5, 5.41) is 9.68. The number of aliphatic carboxylic acids is 1. The van der Waals surface area contributed by atoms with E-state index in [1.54, 1.807) is 24.3 Å². The molecule has 0 fully saturated rings. The van der Waals surface area contributed by atoms with Gasteiger partial charge in [0.1, 0.15) is 12.4 Å². The van der Waals surface area contributed by atoms with Crippen LogP contribution in [0.3, 0.4) is 0 Å². The first-order valence-corrected chi connectivity index (χ1v) is 5.98. The second kappa shape index (κ2) is 6.50. The average molecular weight is 257 g/mol. The molecule has 1 rings (SSSR count). The van der Waals surface area contributed by atoms with Crippen molar-refractivity contribution in [1.29, 1.82) is 0 Å². The molecule has 3 nitrogen and oxygen atoms in total. The van der Waals surface area contributed by atoms with Gasteiger partial charge in [-0.3, -0.25) is 4.79 Å². The molecule has 1 aromatic carbocycles. The Balaban J connectivity index is 2.51. The van der Waals surface area contributed by atoms with Gasteiger partial charge in [0.2, 0.25) is 0 Å². The number of ether oxygens (including phenoxy) is 1. The van der Waals surface area contributed by atoms with E-state index in [2.05, 4.69) is 0 Å². The lowest BCUT2D eigenvalue weighted by molar-refractivity contribution is -0.143. The van der Waals surface area contributed by atoms with Crippen LogP contribution in [0, 0.1) is 11.8 Å². The Hall–Kier alpha value is -1.22. The van der Waals surface area contributed by atoms with Crippen LogP contribution >= 0.6 is 11.6 Å². The van der Waals surface area contributed by atoms with E-state index in [4.69, 9.17) is 21.4 Å². The third-order valence-corrected chi connectivity index (χ3v) is 2.62. The molecule has 4 heteroatoms. The van der Waals surface area contributed by atoms with E-state index >= 15 is 0 Å². The smallest absolute Gasteiger partial charge is 0.309 e. The van der Waals surface area contributed by atoms with E-state index in [9.17, 15) is 4.79 Å². The highest BCUT2D eigenvalue weighted by molar-refractivity contribution is 6.30. The fourth-order valence-corrected chi connectivity index (χ4v) is 1.66. The average Bonchev–Trinajstić information content (AvgIpc) is 2.25. The molecule has 0 radical (unpaired) electrons. The molecule has 0 saturated carbocycles. The highest BCUT2D eigenvalue weighted by Crippen LogP contribution is 2.18. The molecule has 0 spiro atoms. The maximum atomic E-state index is 11.0. The second-order valence-electron chi connectivity index (χ2n) is 4.43. The van der Waals surface area contributed by atoms with Gasteiger partial charge in [-0.05, 0) is 36.6 Å². The number of carbonyl (C=O) groups is 1. The zero-order valence-electron chi connectivity index (χ0n) is 10.0. The highest BCUT2D eigenvalue weighted by atomic mass is 35.5. The molecule has 1 N–H and O–H groups in total. The van der Waals surface area contributed by atoms with Crippen molar-refractivity contribution in [1.82, 2.24) is 0 Å². The Morgan fingerprint density at radius 3 is 2.41 bits per heavy atom. The normalized spacial score (nSPS) is 12.5. The fraction of sp³-hybridized carbons (Fsp3) is 0.462. The summed E-state index contributed by atoms with van der Waals surface area (Å²) in [6.07, 6.45) is 0.614. The monoisotopic (exact) mass is 256 g/mol. The predicted octanol–water partition coefficient (Wildman–Crippen LogP) is 3.47. The minimum absolute atomic E-state index is 0.190. The number of benzene rings is 1. The Kier molecular flexibility index (Phi) is 5.29. The van der Waals surface area contributed by atoms with Gasteiger partial charge in [-0.15, -0.1) is 0 Å². The van der Waals surface area contributed by atoms with Crippen LogP contribution in [0.15, 0.2) is 24.3 Å². The van der Waals surface area contributed by atoms with Crippen molar-refractivity contribution in [2.75, 3.05) is 6.61 Å². The van der Waals surface area contributed by atoms with Gasteiger partial charge in [0.05, 0.1) is 5.92 Å². The molecule has 1 atom stereocenters. The third-order valence-electron chi connectivity index (χ3n) is 2.37. The lowest BCUT2D eigenvalue weighted by atomic mass is 9.98. The number of halogens is 1. The molecular weight excluding hydrogens is 240 g/mol. The molecule has 1 aromatic rings. The van der Waals surface area contributed by atoms with Crippen LogP contribution in [0.4, 0.5) is 0 Å². The number of hydrogen-bond donors (Lipinski definition) is 1. The fourth-order valence-electron chi connectivity index (χ4n) is 1.54. The van der Waals surface area contributed by atoms with Crippen molar-refractivity contribution in [3.63, 3.8) is 0 Å². The zero-order chi connectivity index (χ0) is 12.8. The van der Waals surface area contributed by atoms with Crippen molar-refractivity contribution in [3.05, 3.63) is 29.3 Å². The van der Waals surface area contributed by atoms with Crippen LogP contribution in [0.5, 0.6) is 5.75 Å². The van der Waals surface area contributed by atoms with Gasteiger partial charge < -0.3 is 9.84 Å². The van der Waals surface area contributed by atoms with Crippen molar-refractivity contribution >= 4 is 17.6 Å². The van der Waals surface area contributed by atoms with Crippen molar-refractivity contribution in [2.24, 2.45) is 11.8 Å². The lowest BCUT2D eigenvalue weighted by Gasteiger charge is -2.15. The topological polar surface area (TPSA) is 46.5 Å². The SMILES string of the molecule is CC(C)CC(COc1ccc(Cl)cc1)C(=O)O. The van der Waals surface area contributed by atoms with Gasteiger partial charge in [-0.2, -0.15) is 0 Å². The Morgan fingerprint density at radius 1 is 1.35 bits per heavy atom. The molecule has 17 heavy (non-hydrogen) atoms. The summed E-state index contributed by atoms with van der Waals surface area (Å²) in [4.78, 5) is 11.0. The maximum Gasteiger partial charge on any atom is 0.309 e. The van der Waals surface area contributed by atoms with Gasteiger partial charge in [-0.25, -0.2) is 0 Å². The molecule has 94 valence electrons. The second-order valence-corrected chi connectivity index (χ2v) is 4.87. The van der Waals surface area contributed by atoms with Crippen molar-refractivity contribution in [3.8, 4) is 5.75 Å². The third kappa shape index (κ3) is 5.09. The van der Waals surface area contributed by atoms with Gasteiger partial charge >= 0.3 is 5.97 Å². The van der Waals surface area contributed by atoms with E-state index < -0.39 is 11.9 Å². The largest absolute Gasteiger partial charge is 0.493 e. The summed E-state index contributed by atoms with van der Waals surface area (Å²) >= 11 is 5.74. The van der Waals surface area contributed by atoms with Gasteiger partial charge in [0.25, 0.3) is 0 Å². The highest BCUT2D eigenvalue weighted by Gasteiger charge is 2.19. The maximum absolute atomic E-state index is 11.0. The molecule has 0 aromatic heterocycles. The summed E-state index contributed by atoms with van der Waals surface area (Å²) in [6.45, 7) is 4.19. The van der Waals surface area contributed by atoms with E-state index in [1.807, 2.05) is 13.8 Å². The number of carboxylic acids is 1. The van der Waals surface area contributed by atoms with E-state index in [-0.39, 0.29) is 6.61 Å². The van der Waals surface area contributed by atoms with Gasteiger partial charge in [0.15, 0.2) is 0 Å². The van der Waals surface area contributed by atoms with Crippen molar-refractivity contribution in [2.45, 2.75) is 20.3 Å². The Bertz CT molecular complexity index is 359. The van der Waals surface area contributed by atoms with Gasteiger partial charge in [0, 0.05) is 5.02 Å². The molecule has 0 heterocycles. The minimum atomic E-state index is -0.812. The van der Waals surface area contributed by atoms with Crippen LogP contribution < -0.4 is 4.74 Å². The number of carboxylic acid groups (broad SMARTS) is 1. The summed E-state index contributed by atoms with van der Waals surface area (Å²) in [7, 11) is 0. The standard InChI is InChI=1S/C13H17ClO3/c1-9(2)7-10(13(15)16)8-17-12-5-3-11(14)4-6-12/h3-6,9-10H,7-8H2,1-2H3,(H,15,16). The molecule has 0 amide bonds. The molecular formula is C13H17ClO3. The molecule has 0 aliphatic carbocycles. The van der Waals surface area contributed by atoms with Crippen LogP contribution in [0.25, 0.3) is 0 Å². The predicted molar refractivity (Wildman–Crippen MR) is 67.5 cm³/mol. The van der Waals surface area contributed by atoms with Crippen LogP contribution in [0.1, 0.15) is 20.3 Å². The zero-order valence-corrected chi connectivity index (χ0v) is 10.8. The van der Waals surface area contributed by atoms with Crippen LogP contribution in [-0.4, -0.2) is 17.7 Å². The van der Waals surface area contributed by atoms with Crippen LogP contribution in [-0.2, 0) is 4.79 Å². The minimum Gasteiger partial charge on any atom is -0.493 e. The summed E-state index contributed by atoms with van der Waals surface area (Å²) in [6, 6.07) is 6.90. The summed E-state index contributed by atoms with van der Waals surface area (Å²) < 4.78 is 5.45. The number of hydrogen-bond acceptors (Lipinski definition) is 2. The van der Waals surface area contributed by atoms with Crippen molar-refractivity contribution < 1.29 is 14.6 Å². The summed E-state index contributed by atoms with van der Waals surface area (Å²) in [5.41, 5.74) is 0. The first-order valence-electron chi connectivity index (χ1n) is 5.60. The lowest BCUT2D eigenvalue weighted by Crippen LogP contribution is -2.23. The first-order chi connectivity index (χ1) is 7.99. The van der Waals surface area contributed by atoms with E-state index in [0.29, 0.717) is 23.1 Å². The molecule has 0 saturated heterocycles. The Labute approximate surface area is 106 Å². The molecule has 0 bridgehead atoms. The van der Waals surface area contributed by atoms with E-state index in [1.165, 1.54) is 0 Å². The summed E-state index contributed by atoms with van der Waals surface area (Å²) in [5.74, 6) is -0.298.